The number of hydrogen-bond acceptors (Lipinski definition) is 2. The Morgan fingerprint density at radius 3 is 2.20 bits per heavy atom. The maximum absolute atomic E-state index is 6.05. The highest BCUT2D eigenvalue weighted by molar-refractivity contribution is 5.85. The molecule has 90 valence electrons. The van der Waals surface area contributed by atoms with E-state index in [4.69, 9.17) is 4.74 Å². The van der Waals surface area contributed by atoms with Gasteiger partial charge >= 0.3 is 0 Å². The van der Waals surface area contributed by atoms with Crippen molar-refractivity contribution < 1.29 is 4.74 Å². The van der Waals surface area contributed by atoms with Crippen LogP contribution >= 0.6 is 12.4 Å². The molecule has 3 heteroatoms. The summed E-state index contributed by atoms with van der Waals surface area (Å²) in [6.07, 6.45) is 5.44. The minimum atomic E-state index is -0.0357. The summed E-state index contributed by atoms with van der Waals surface area (Å²) in [5, 5.41) is 3.61. The van der Waals surface area contributed by atoms with E-state index >= 15 is 0 Å². The average Bonchev–Trinajstić information content (AvgIpc) is 2.64. The van der Waals surface area contributed by atoms with E-state index in [-0.39, 0.29) is 18.1 Å². The molecule has 0 spiro atoms. The summed E-state index contributed by atoms with van der Waals surface area (Å²) >= 11 is 0. The van der Waals surface area contributed by atoms with Crippen LogP contribution in [0, 0.1) is 11.3 Å². The smallest absolute Gasteiger partial charge is 0.119 e. The quantitative estimate of drug-likeness (QED) is 0.752. The first-order chi connectivity index (χ1) is 6.52. The second kappa shape index (κ2) is 4.60. The lowest BCUT2D eigenvalue weighted by Crippen LogP contribution is -2.59. The van der Waals surface area contributed by atoms with Crippen molar-refractivity contribution in [3.8, 4) is 0 Å². The fourth-order valence-electron chi connectivity index (χ4n) is 2.60. The molecule has 2 rings (SSSR count). The van der Waals surface area contributed by atoms with Gasteiger partial charge in [-0.1, -0.05) is 26.7 Å². The molecule has 0 aromatic carbocycles. The fraction of sp³-hybridized carbons (Fsp3) is 1.00. The lowest BCUT2D eigenvalue weighted by Gasteiger charge is -2.45. The van der Waals surface area contributed by atoms with Crippen LogP contribution in [0.1, 0.15) is 46.5 Å². The highest BCUT2D eigenvalue weighted by atomic mass is 35.5. The Hall–Kier alpha value is 0.210. The minimum absolute atomic E-state index is 0. The number of rotatable bonds is 1. The standard InChI is InChI=1S/C12H23NO.ClH/c1-11(2)8-13-12(3,14-9-11)10-6-4-5-7-10;/h10,13H,4-9H2,1-3H3;1H. The molecular formula is C12H24ClNO. The molecular weight excluding hydrogens is 210 g/mol. The normalized spacial score (nSPS) is 36.2. The average molecular weight is 234 g/mol. The molecule has 1 heterocycles. The first kappa shape index (κ1) is 13.3. The van der Waals surface area contributed by atoms with Crippen LogP contribution in [-0.2, 0) is 4.74 Å². The molecule has 2 nitrogen and oxygen atoms in total. The minimum Gasteiger partial charge on any atom is -0.360 e. The van der Waals surface area contributed by atoms with Gasteiger partial charge in [-0.15, -0.1) is 12.4 Å². The molecule has 0 amide bonds. The van der Waals surface area contributed by atoms with E-state index in [0.717, 1.165) is 19.1 Å². The molecule has 1 saturated heterocycles. The highest BCUT2D eigenvalue weighted by Gasteiger charge is 2.41. The second-order valence-electron chi connectivity index (χ2n) is 5.89. The summed E-state index contributed by atoms with van der Waals surface area (Å²) in [6.45, 7) is 8.73. The Kier molecular flexibility index (Phi) is 4.07. The van der Waals surface area contributed by atoms with Gasteiger partial charge in [-0.2, -0.15) is 0 Å². The monoisotopic (exact) mass is 233 g/mol. The van der Waals surface area contributed by atoms with Gasteiger partial charge in [-0.05, 0) is 19.8 Å². The van der Waals surface area contributed by atoms with Crippen LogP contribution in [-0.4, -0.2) is 18.9 Å². The maximum atomic E-state index is 6.05. The van der Waals surface area contributed by atoms with Crippen molar-refractivity contribution in [2.45, 2.75) is 52.2 Å². The first-order valence-corrected chi connectivity index (χ1v) is 5.91. The van der Waals surface area contributed by atoms with Crippen LogP contribution in [0.25, 0.3) is 0 Å². The molecule has 1 saturated carbocycles. The third-order valence-corrected chi connectivity index (χ3v) is 3.81. The molecule has 2 fully saturated rings. The molecule has 1 unspecified atom stereocenters. The topological polar surface area (TPSA) is 21.3 Å². The Morgan fingerprint density at radius 2 is 1.73 bits per heavy atom. The van der Waals surface area contributed by atoms with E-state index in [1.54, 1.807) is 0 Å². The number of ether oxygens (including phenoxy) is 1. The predicted octanol–water partition coefficient (Wildman–Crippen LogP) is 2.96. The van der Waals surface area contributed by atoms with E-state index in [9.17, 15) is 0 Å². The molecule has 1 N–H and O–H groups in total. The number of halogens is 1. The van der Waals surface area contributed by atoms with Gasteiger partial charge in [0, 0.05) is 17.9 Å². The van der Waals surface area contributed by atoms with Crippen molar-refractivity contribution in [3.63, 3.8) is 0 Å². The van der Waals surface area contributed by atoms with Gasteiger partial charge in [-0.3, -0.25) is 5.32 Å². The summed E-state index contributed by atoms with van der Waals surface area (Å²) in [5.41, 5.74) is 0.268. The van der Waals surface area contributed by atoms with Gasteiger partial charge in [0.2, 0.25) is 0 Å². The fourth-order valence-corrected chi connectivity index (χ4v) is 2.60. The van der Waals surface area contributed by atoms with Crippen LogP contribution in [0.5, 0.6) is 0 Å². The summed E-state index contributed by atoms with van der Waals surface area (Å²) in [4.78, 5) is 0. The van der Waals surface area contributed by atoms with Gasteiger partial charge in [0.05, 0.1) is 6.61 Å². The van der Waals surface area contributed by atoms with Crippen molar-refractivity contribution in [2.75, 3.05) is 13.2 Å². The van der Waals surface area contributed by atoms with E-state index < -0.39 is 0 Å². The van der Waals surface area contributed by atoms with E-state index in [0.29, 0.717) is 5.41 Å². The lowest BCUT2D eigenvalue weighted by atomic mass is 9.87. The van der Waals surface area contributed by atoms with E-state index in [1.165, 1.54) is 25.7 Å². The van der Waals surface area contributed by atoms with Crippen LogP contribution in [0.15, 0.2) is 0 Å². The third kappa shape index (κ3) is 2.86. The van der Waals surface area contributed by atoms with Crippen molar-refractivity contribution in [3.05, 3.63) is 0 Å². The predicted molar refractivity (Wildman–Crippen MR) is 65.3 cm³/mol. The van der Waals surface area contributed by atoms with Crippen molar-refractivity contribution in [1.29, 1.82) is 0 Å². The zero-order chi connectivity index (χ0) is 10.2. The van der Waals surface area contributed by atoms with E-state index in [2.05, 4.69) is 26.1 Å². The Labute approximate surface area is 99.6 Å². The summed E-state index contributed by atoms with van der Waals surface area (Å²) in [6, 6.07) is 0. The number of hydrogen-bond donors (Lipinski definition) is 1. The zero-order valence-corrected chi connectivity index (χ0v) is 11.0. The molecule has 1 atom stereocenters. The van der Waals surface area contributed by atoms with Crippen molar-refractivity contribution in [1.82, 2.24) is 5.32 Å². The van der Waals surface area contributed by atoms with Gasteiger partial charge in [0.1, 0.15) is 5.72 Å². The van der Waals surface area contributed by atoms with Gasteiger partial charge in [0.15, 0.2) is 0 Å². The Balaban J connectivity index is 0.00000112. The first-order valence-electron chi connectivity index (χ1n) is 5.91. The maximum Gasteiger partial charge on any atom is 0.119 e. The Morgan fingerprint density at radius 1 is 1.13 bits per heavy atom. The van der Waals surface area contributed by atoms with Gasteiger partial charge in [-0.25, -0.2) is 0 Å². The molecule has 1 aliphatic carbocycles. The second-order valence-corrected chi connectivity index (χ2v) is 5.89. The summed E-state index contributed by atoms with van der Waals surface area (Å²) in [5.74, 6) is 0.735. The SMILES string of the molecule is CC1(C)CNC(C)(C2CCCC2)OC1.Cl. The summed E-state index contributed by atoms with van der Waals surface area (Å²) < 4.78 is 6.05. The number of nitrogens with one attached hydrogen (secondary N) is 1. The largest absolute Gasteiger partial charge is 0.360 e. The van der Waals surface area contributed by atoms with Gasteiger partial charge < -0.3 is 4.74 Å². The van der Waals surface area contributed by atoms with Crippen LogP contribution in [0.4, 0.5) is 0 Å². The molecule has 0 aromatic rings. The van der Waals surface area contributed by atoms with Crippen LogP contribution in [0.2, 0.25) is 0 Å². The van der Waals surface area contributed by atoms with E-state index in [1.807, 2.05) is 0 Å². The molecule has 2 aliphatic rings. The molecule has 0 aromatic heterocycles. The summed E-state index contributed by atoms with van der Waals surface area (Å²) in [7, 11) is 0. The molecule has 15 heavy (non-hydrogen) atoms. The van der Waals surface area contributed by atoms with Crippen molar-refractivity contribution in [2.24, 2.45) is 11.3 Å². The third-order valence-electron chi connectivity index (χ3n) is 3.81. The van der Waals surface area contributed by atoms with Crippen LogP contribution in [0.3, 0.4) is 0 Å². The Bertz CT molecular complexity index is 202. The lowest BCUT2D eigenvalue weighted by molar-refractivity contribution is -0.155. The van der Waals surface area contributed by atoms with Crippen LogP contribution < -0.4 is 5.32 Å². The highest BCUT2D eigenvalue weighted by Crippen LogP contribution is 2.38. The van der Waals surface area contributed by atoms with Gasteiger partial charge in [0.25, 0.3) is 0 Å². The molecule has 1 aliphatic heterocycles. The zero-order valence-electron chi connectivity index (χ0n) is 10.1. The molecule has 0 radical (unpaired) electrons. The molecule has 0 bridgehead atoms. The van der Waals surface area contributed by atoms with Crippen molar-refractivity contribution >= 4 is 12.4 Å².